The third-order valence-electron chi connectivity index (χ3n) is 3.79. The van der Waals surface area contributed by atoms with Crippen LogP contribution >= 0.6 is 11.8 Å². The maximum absolute atomic E-state index is 12.4. The third-order valence-corrected chi connectivity index (χ3v) is 4.35. The quantitative estimate of drug-likeness (QED) is 0.613. The highest BCUT2D eigenvalue weighted by Gasteiger charge is 2.22. The van der Waals surface area contributed by atoms with Gasteiger partial charge in [0.1, 0.15) is 11.6 Å². The number of aryl methyl sites for hydroxylation is 1. The number of hydrogen-bond acceptors (Lipinski definition) is 6. The topological polar surface area (TPSA) is 63.9 Å². The normalized spacial score (nSPS) is 14.1. The van der Waals surface area contributed by atoms with Crippen molar-refractivity contribution in [3.63, 3.8) is 0 Å². The van der Waals surface area contributed by atoms with E-state index in [0.717, 1.165) is 41.0 Å². The molecule has 0 aromatic carbocycles. The van der Waals surface area contributed by atoms with E-state index in [9.17, 15) is 4.79 Å². The SMILES string of the molecule is CSc1nccc(N2CCc3nc(C)n(C)c(=O)c3C2)n1. The summed E-state index contributed by atoms with van der Waals surface area (Å²) in [4.78, 5) is 27.7. The van der Waals surface area contributed by atoms with E-state index in [1.165, 1.54) is 11.8 Å². The fourth-order valence-corrected chi connectivity index (χ4v) is 2.84. The Kier molecular flexibility index (Phi) is 3.67. The Morgan fingerprint density at radius 2 is 2.14 bits per heavy atom. The summed E-state index contributed by atoms with van der Waals surface area (Å²) < 4.78 is 1.61. The molecule has 0 bridgehead atoms. The second-order valence-electron chi connectivity index (χ2n) is 5.02. The van der Waals surface area contributed by atoms with E-state index >= 15 is 0 Å². The van der Waals surface area contributed by atoms with Crippen LogP contribution in [0.1, 0.15) is 17.1 Å². The molecule has 7 heteroatoms. The molecule has 3 rings (SSSR count). The number of nitrogens with zero attached hydrogens (tertiary/aromatic N) is 5. The van der Waals surface area contributed by atoms with Gasteiger partial charge in [0.05, 0.1) is 17.8 Å². The molecular formula is C14H17N5OS. The van der Waals surface area contributed by atoms with Gasteiger partial charge in [-0.2, -0.15) is 0 Å². The van der Waals surface area contributed by atoms with Crippen molar-refractivity contribution in [1.29, 1.82) is 0 Å². The number of anilines is 1. The van der Waals surface area contributed by atoms with Crippen LogP contribution in [0, 0.1) is 6.92 Å². The molecule has 110 valence electrons. The predicted molar refractivity (Wildman–Crippen MR) is 82.8 cm³/mol. The Morgan fingerprint density at radius 3 is 2.90 bits per heavy atom. The van der Waals surface area contributed by atoms with Crippen LogP contribution in [-0.4, -0.2) is 32.3 Å². The van der Waals surface area contributed by atoms with Gasteiger partial charge in [-0.25, -0.2) is 15.0 Å². The van der Waals surface area contributed by atoms with E-state index in [1.807, 2.05) is 19.2 Å². The van der Waals surface area contributed by atoms with Crippen molar-refractivity contribution in [2.45, 2.75) is 25.0 Å². The molecule has 0 saturated heterocycles. The first-order valence-electron chi connectivity index (χ1n) is 6.77. The molecule has 2 aromatic rings. The summed E-state index contributed by atoms with van der Waals surface area (Å²) in [5.74, 6) is 1.63. The summed E-state index contributed by atoms with van der Waals surface area (Å²) in [6.45, 7) is 3.24. The lowest BCUT2D eigenvalue weighted by atomic mass is 10.1. The van der Waals surface area contributed by atoms with Crippen LogP contribution in [0.5, 0.6) is 0 Å². The zero-order valence-corrected chi connectivity index (χ0v) is 13.1. The second kappa shape index (κ2) is 5.48. The molecule has 0 radical (unpaired) electrons. The van der Waals surface area contributed by atoms with E-state index in [4.69, 9.17) is 0 Å². The van der Waals surface area contributed by atoms with Crippen molar-refractivity contribution in [3.8, 4) is 0 Å². The molecule has 6 nitrogen and oxygen atoms in total. The molecule has 2 aromatic heterocycles. The zero-order valence-electron chi connectivity index (χ0n) is 12.3. The molecule has 3 heterocycles. The monoisotopic (exact) mass is 303 g/mol. The van der Waals surface area contributed by atoms with Gasteiger partial charge in [-0.15, -0.1) is 0 Å². The molecular weight excluding hydrogens is 286 g/mol. The van der Waals surface area contributed by atoms with Gasteiger partial charge >= 0.3 is 0 Å². The van der Waals surface area contributed by atoms with Crippen molar-refractivity contribution < 1.29 is 0 Å². The molecule has 1 aliphatic heterocycles. The first kappa shape index (κ1) is 14.1. The number of aromatic nitrogens is 4. The Hall–Kier alpha value is -1.89. The minimum atomic E-state index is 0.0429. The summed E-state index contributed by atoms with van der Waals surface area (Å²) in [5.41, 5.74) is 1.74. The van der Waals surface area contributed by atoms with Crippen molar-refractivity contribution >= 4 is 17.6 Å². The van der Waals surface area contributed by atoms with Gasteiger partial charge in [-0.1, -0.05) is 11.8 Å². The summed E-state index contributed by atoms with van der Waals surface area (Å²) in [6, 6.07) is 1.89. The second-order valence-corrected chi connectivity index (χ2v) is 5.79. The van der Waals surface area contributed by atoms with Crippen molar-refractivity contribution in [1.82, 2.24) is 19.5 Å². The molecule has 0 saturated carbocycles. The number of hydrogen-bond donors (Lipinski definition) is 0. The molecule has 0 aliphatic carbocycles. The maximum Gasteiger partial charge on any atom is 0.258 e. The van der Waals surface area contributed by atoms with Gasteiger partial charge in [0, 0.05) is 26.2 Å². The first-order valence-corrected chi connectivity index (χ1v) is 8.00. The Balaban J connectivity index is 1.97. The molecule has 21 heavy (non-hydrogen) atoms. The molecule has 0 atom stereocenters. The van der Waals surface area contributed by atoms with E-state index in [2.05, 4.69) is 19.9 Å². The van der Waals surface area contributed by atoms with Gasteiger partial charge < -0.3 is 4.90 Å². The summed E-state index contributed by atoms with van der Waals surface area (Å²) in [6.07, 6.45) is 4.48. The average Bonchev–Trinajstić information content (AvgIpc) is 2.52. The van der Waals surface area contributed by atoms with E-state index < -0.39 is 0 Å². The molecule has 0 unspecified atom stereocenters. The minimum Gasteiger partial charge on any atom is -0.351 e. The Bertz CT molecular complexity index is 743. The fraction of sp³-hybridized carbons (Fsp3) is 0.429. The first-order chi connectivity index (χ1) is 10.1. The van der Waals surface area contributed by atoms with Crippen LogP contribution in [0.3, 0.4) is 0 Å². The van der Waals surface area contributed by atoms with Crippen molar-refractivity contribution in [2.24, 2.45) is 7.05 Å². The van der Waals surface area contributed by atoms with E-state index in [0.29, 0.717) is 6.54 Å². The van der Waals surface area contributed by atoms with Crippen LogP contribution in [0.2, 0.25) is 0 Å². The van der Waals surface area contributed by atoms with Crippen LogP contribution in [0.15, 0.2) is 22.2 Å². The van der Waals surface area contributed by atoms with Crippen LogP contribution in [0.25, 0.3) is 0 Å². The maximum atomic E-state index is 12.4. The standard InChI is InChI=1S/C14H17N5OS/c1-9-16-11-5-7-19(8-10(11)13(20)18(9)2)12-4-6-15-14(17-12)21-3/h4,6H,5,7-8H2,1-3H3. The number of rotatable bonds is 2. The fourth-order valence-electron chi connectivity index (χ4n) is 2.49. The molecule has 0 spiro atoms. The van der Waals surface area contributed by atoms with Crippen LogP contribution < -0.4 is 10.5 Å². The lowest BCUT2D eigenvalue weighted by Crippen LogP contribution is -2.38. The highest BCUT2D eigenvalue weighted by atomic mass is 32.2. The summed E-state index contributed by atoms with van der Waals surface area (Å²) in [7, 11) is 1.76. The smallest absolute Gasteiger partial charge is 0.258 e. The molecule has 0 amide bonds. The van der Waals surface area contributed by atoms with E-state index in [-0.39, 0.29) is 5.56 Å². The highest BCUT2D eigenvalue weighted by molar-refractivity contribution is 7.98. The largest absolute Gasteiger partial charge is 0.351 e. The number of fused-ring (bicyclic) bond motifs is 1. The van der Waals surface area contributed by atoms with Gasteiger partial charge in [0.25, 0.3) is 5.56 Å². The average molecular weight is 303 g/mol. The zero-order chi connectivity index (χ0) is 15.0. The molecule has 0 fully saturated rings. The molecule has 1 aliphatic rings. The summed E-state index contributed by atoms with van der Waals surface area (Å²) >= 11 is 1.51. The van der Waals surface area contributed by atoms with Gasteiger partial charge in [0.2, 0.25) is 0 Å². The Labute approximate surface area is 127 Å². The van der Waals surface area contributed by atoms with Crippen molar-refractivity contribution in [2.75, 3.05) is 17.7 Å². The van der Waals surface area contributed by atoms with Gasteiger partial charge in [-0.3, -0.25) is 9.36 Å². The predicted octanol–water partition coefficient (Wildman–Crippen LogP) is 1.16. The third kappa shape index (κ3) is 2.53. The molecule has 0 N–H and O–H groups in total. The van der Waals surface area contributed by atoms with Gasteiger partial charge in [0.15, 0.2) is 5.16 Å². The Morgan fingerprint density at radius 1 is 1.33 bits per heavy atom. The number of thioether (sulfide) groups is 1. The van der Waals surface area contributed by atoms with Crippen molar-refractivity contribution in [3.05, 3.63) is 39.7 Å². The van der Waals surface area contributed by atoms with Crippen LogP contribution in [0.4, 0.5) is 5.82 Å². The van der Waals surface area contributed by atoms with Gasteiger partial charge in [-0.05, 0) is 19.2 Å². The summed E-state index contributed by atoms with van der Waals surface area (Å²) in [5, 5.41) is 0.744. The lowest BCUT2D eigenvalue weighted by Gasteiger charge is -2.29. The van der Waals surface area contributed by atoms with E-state index in [1.54, 1.807) is 17.8 Å². The lowest BCUT2D eigenvalue weighted by molar-refractivity contribution is 0.647. The minimum absolute atomic E-state index is 0.0429. The van der Waals surface area contributed by atoms with Crippen LogP contribution in [-0.2, 0) is 20.0 Å². The highest BCUT2D eigenvalue weighted by Crippen LogP contribution is 2.21.